The Kier molecular flexibility index (Phi) is 5.68. The number of hydrogen-bond acceptors (Lipinski definition) is 5. The van der Waals surface area contributed by atoms with Crippen molar-refractivity contribution in [1.29, 1.82) is 0 Å². The van der Waals surface area contributed by atoms with Gasteiger partial charge in [0.1, 0.15) is 11.9 Å². The fraction of sp³-hybridized carbons (Fsp3) is 0.667. The Labute approximate surface area is 143 Å². The Balaban J connectivity index is 1.41. The summed E-state index contributed by atoms with van der Waals surface area (Å²) in [5.74, 6) is 1.57. The van der Waals surface area contributed by atoms with Crippen LogP contribution in [0.2, 0.25) is 0 Å². The van der Waals surface area contributed by atoms with Gasteiger partial charge in [0.25, 0.3) is 5.69 Å². The highest BCUT2D eigenvalue weighted by molar-refractivity contribution is 5.36. The second kappa shape index (κ2) is 7.94. The lowest BCUT2D eigenvalue weighted by Crippen LogP contribution is -2.42. The summed E-state index contributed by atoms with van der Waals surface area (Å²) in [6.45, 7) is 5.85. The molecular formula is C18H27N3O3. The minimum atomic E-state index is -0.384. The molecule has 1 aromatic rings. The van der Waals surface area contributed by atoms with Crippen molar-refractivity contribution < 1.29 is 9.66 Å². The first-order chi connectivity index (χ1) is 11.6. The summed E-state index contributed by atoms with van der Waals surface area (Å²) in [5, 5.41) is 10.7. The summed E-state index contributed by atoms with van der Waals surface area (Å²) in [7, 11) is 2.21. The first kappa shape index (κ1) is 17.2. The number of likely N-dealkylation sites (tertiary alicyclic amines) is 2. The van der Waals surface area contributed by atoms with Crippen molar-refractivity contribution >= 4 is 5.69 Å². The monoisotopic (exact) mass is 333 g/mol. The van der Waals surface area contributed by atoms with E-state index >= 15 is 0 Å². The third kappa shape index (κ3) is 4.68. The molecule has 0 radical (unpaired) electrons. The van der Waals surface area contributed by atoms with Gasteiger partial charge < -0.3 is 14.5 Å². The highest BCUT2D eigenvalue weighted by atomic mass is 16.6. The van der Waals surface area contributed by atoms with Crippen molar-refractivity contribution in [1.82, 2.24) is 9.80 Å². The van der Waals surface area contributed by atoms with Crippen molar-refractivity contribution in [2.45, 2.75) is 31.8 Å². The molecule has 0 atom stereocenters. The maximum absolute atomic E-state index is 10.7. The Bertz CT molecular complexity index is 533. The molecule has 1 aromatic carbocycles. The summed E-state index contributed by atoms with van der Waals surface area (Å²) in [6, 6.07) is 6.40. The average Bonchev–Trinajstić information content (AvgIpc) is 2.59. The number of benzene rings is 1. The van der Waals surface area contributed by atoms with Crippen molar-refractivity contribution in [3.05, 3.63) is 34.4 Å². The first-order valence-corrected chi connectivity index (χ1v) is 8.92. The van der Waals surface area contributed by atoms with Crippen LogP contribution in [-0.2, 0) is 0 Å². The zero-order valence-electron chi connectivity index (χ0n) is 14.4. The molecule has 0 saturated carbocycles. The van der Waals surface area contributed by atoms with Gasteiger partial charge in [0.2, 0.25) is 0 Å². The molecule has 2 aliphatic rings. The number of ether oxygens (including phenoxy) is 1. The summed E-state index contributed by atoms with van der Waals surface area (Å²) < 4.78 is 5.99. The molecule has 6 heteroatoms. The lowest BCUT2D eigenvalue weighted by Gasteiger charge is -2.36. The lowest BCUT2D eigenvalue weighted by atomic mass is 9.95. The molecule has 0 aliphatic carbocycles. The Morgan fingerprint density at radius 2 is 1.71 bits per heavy atom. The van der Waals surface area contributed by atoms with E-state index in [1.807, 2.05) is 0 Å². The average molecular weight is 333 g/mol. The van der Waals surface area contributed by atoms with Gasteiger partial charge in [0.15, 0.2) is 0 Å². The van der Waals surface area contributed by atoms with Crippen LogP contribution < -0.4 is 4.74 Å². The maximum Gasteiger partial charge on any atom is 0.269 e. The van der Waals surface area contributed by atoms with E-state index in [1.165, 1.54) is 44.6 Å². The number of nitrogens with zero attached hydrogens (tertiary/aromatic N) is 3. The number of nitro groups is 1. The van der Waals surface area contributed by atoms with Crippen LogP contribution in [0.3, 0.4) is 0 Å². The Hall–Kier alpha value is -1.66. The van der Waals surface area contributed by atoms with Crippen LogP contribution in [0.5, 0.6) is 5.75 Å². The molecule has 0 aromatic heterocycles. The fourth-order valence-electron chi connectivity index (χ4n) is 3.66. The molecule has 24 heavy (non-hydrogen) atoms. The van der Waals surface area contributed by atoms with Gasteiger partial charge in [0, 0.05) is 31.8 Å². The van der Waals surface area contributed by atoms with Crippen LogP contribution in [0.15, 0.2) is 24.3 Å². The fourth-order valence-corrected chi connectivity index (χ4v) is 3.66. The van der Waals surface area contributed by atoms with Gasteiger partial charge in [-0.3, -0.25) is 10.1 Å². The van der Waals surface area contributed by atoms with Crippen LogP contribution in [0.1, 0.15) is 25.7 Å². The summed E-state index contributed by atoms with van der Waals surface area (Å²) >= 11 is 0. The molecule has 2 saturated heterocycles. The van der Waals surface area contributed by atoms with Gasteiger partial charge in [-0.1, -0.05) is 0 Å². The molecule has 2 heterocycles. The van der Waals surface area contributed by atoms with Crippen molar-refractivity contribution in [2.24, 2.45) is 5.92 Å². The number of non-ortho nitro benzene ring substituents is 1. The van der Waals surface area contributed by atoms with Crippen LogP contribution in [0.4, 0.5) is 5.69 Å². The van der Waals surface area contributed by atoms with Crippen molar-refractivity contribution in [3.63, 3.8) is 0 Å². The van der Waals surface area contributed by atoms with E-state index in [9.17, 15) is 10.1 Å². The Morgan fingerprint density at radius 3 is 2.29 bits per heavy atom. The summed E-state index contributed by atoms with van der Waals surface area (Å²) in [6.07, 6.45) is 4.92. The second-order valence-electron chi connectivity index (χ2n) is 7.12. The molecule has 0 N–H and O–H groups in total. The molecule has 0 spiro atoms. The van der Waals surface area contributed by atoms with E-state index in [1.54, 1.807) is 12.1 Å². The first-order valence-electron chi connectivity index (χ1n) is 8.92. The van der Waals surface area contributed by atoms with E-state index in [2.05, 4.69) is 16.8 Å². The predicted molar refractivity (Wildman–Crippen MR) is 93.4 cm³/mol. The quantitative estimate of drug-likeness (QED) is 0.612. The molecule has 6 nitrogen and oxygen atoms in total. The van der Waals surface area contributed by atoms with Gasteiger partial charge in [0.05, 0.1) is 4.92 Å². The molecular weight excluding hydrogens is 306 g/mol. The molecule has 2 aliphatic heterocycles. The van der Waals surface area contributed by atoms with E-state index < -0.39 is 0 Å². The SMILES string of the molecule is CN1CCC(CN2CCC(Oc3ccc([N+](=O)[O-])cc3)CC2)CC1. The third-order valence-corrected chi connectivity index (χ3v) is 5.24. The molecule has 2 fully saturated rings. The van der Waals surface area contributed by atoms with Crippen molar-refractivity contribution in [2.75, 3.05) is 39.8 Å². The molecule has 3 rings (SSSR count). The minimum Gasteiger partial charge on any atom is -0.490 e. The van der Waals surface area contributed by atoms with Crippen LogP contribution in [-0.4, -0.2) is 60.6 Å². The molecule has 0 unspecified atom stereocenters. The second-order valence-corrected chi connectivity index (χ2v) is 7.12. The summed E-state index contributed by atoms with van der Waals surface area (Å²) in [4.78, 5) is 15.3. The highest BCUT2D eigenvalue weighted by Crippen LogP contribution is 2.23. The standard InChI is InChI=1S/C18H27N3O3/c1-19-10-6-15(7-11-19)14-20-12-8-18(9-13-20)24-17-4-2-16(3-5-17)21(22)23/h2-5,15,18H,6-14H2,1H3. The van der Waals surface area contributed by atoms with E-state index in [0.717, 1.165) is 37.6 Å². The summed E-state index contributed by atoms with van der Waals surface area (Å²) in [5.41, 5.74) is 0.107. The number of hydrogen-bond donors (Lipinski definition) is 0. The topological polar surface area (TPSA) is 58.8 Å². The number of nitro benzene ring substituents is 1. The molecule has 0 bridgehead atoms. The van der Waals surface area contributed by atoms with Gasteiger partial charge >= 0.3 is 0 Å². The van der Waals surface area contributed by atoms with Crippen LogP contribution >= 0.6 is 0 Å². The van der Waals surface area contributed by atoms with Crippen LogP contribution in [0.25, 0.3) is 0 Å². The maximum atomic E-state index is 10.7. The third-order valence-electron chi connectivity index (χ3n) is 5.24. The van der Waals surface area contributed by atoms with E-state index in [-0.39, 0.29) is 16.7 Å². The van der Waals surface area contributed by atoms with Gasteiger partial charge in [-0.2, -0.15) is 0 Å². The zero-order chi connectivity index (χ0) is 16.9. The lowest BCUT2D eigenvalue weighted by molar-refractivity contribution is -0.384. The predicted octanol–water partition coefficient (Wildman–Crippen LogP) is 2.78. The molecule has 132 valence electrons. The van der Waals surface area contributed by atoms with Crippen LogP contribution in [0, 0.1) is 16.0 Å². The van der Waals surface area contributed by atoms with Gasteiger partial charge in [-0.25, -0.2) is 0 Å². The zero-order valence-corrected chi connectivity index (χ0v) is 14.4. The van der Waals surface area contributed by atoms with Gasteiger partial charge in [-0.05, 0) is 63.9 Å². The largest absolute Gasteiger partial charge is 0.490 e. The minimum absolute atomic E-state index is 0.107. The Morgan fingerprint density at radius 1 is 1.08 bits per heavy atom. The smallest absolute Gasteiger partial charge is 0.269 e. The van der Waals surface area contributed by atoms with Gasteiger partial charge in [-0.15, -0.1) is 0 Å². The highest BCUT2D eigenvalue weighted by Gasteiger charge is 2.24. The normalized spacial score (nSPS) is 21.7. The number of piperidine rings is 2. The van der Waals surface area contributed by atoms with E-state index in [4.69, 9.17) is 4.74 Å². The number of rotatable bonds is 5. The van der Waals surface area contributed by atoms with E-state index in [0.29, 0.717) is 0 Å². The van der Waals surface area contributed by atoms with Crippen molar-refractivity contribution in [3.8, 4) is 5.75 Å². The molecule has 0 amide bonds.